The van der Waals surface area contributed by atoms with Gasteiger partial charge < -0.3 is 20.5 Å². The number of anilines is 1. The summed E-state index contributed by atoms with van der Waals surface area (Å²) >= 11 is 6.13. The van der Waals surface area contributed by atoms with E-state index in [1.807, 2.05) is 4.90 Å². The average Bonchev–Trinajstić information content (AvgIpc) is 3.67. The third kappa shape index (κ3) is 5.82. The minimum absolute atomic E-state index is 0.0426. The quantitative estimate of drug-likeness (QED) is 0.474. The van der Waals surface area contributed by atoms with Gasteiger partial charge in [-0.05, 0) is 49.2 Å². The van der Waals surface area contributed by atoms with Gasteiger partial charge in [-0.15, -0.1) is 0 Å². The van der Waals surface area contributed by atoms with Crippen LogP contribution < -0.4 is 10.6 Å². The molecule has 4 rings (SSSR count). The Morgan fingerprint density at radius 1 is 1.14 bits per heavy atom. The van der Waals surface area contributed by atoms with Crippen molar-refractivity contribution in [2.24, 2.45) is 11.7 Å². The van der Waals surface area contributed by atoms with Gasteiger partial charge in [-0.1, -0.05) is 17.7 Å². The van der Waals surface area contributed by atoms with Crippen LogP contribution in [0.2, 0.25) is 5.02 Å². The minimum Gasteiger partial charge on any atom is -0.478 e. The van der Waals surface area contributed by atoms with E-state index < -0.39 is 17.5 Å². The van der Waals surface area contributed by atoms with Gasteiger partial charge in [-0.25, -0.2) is 13.6 Å². The van der Waals surface area contributed by atoms with E-state index in [0.29, 0.717) is 13.1 Å². The van der Waals surface area contributed by atoms with E-state index >= 15 is 4.39 Å². The van der Waals surface area contributed by atoms with Crippen molar-refractivity contribution in [2.75, 3.05) is 31.2 Å². The number of carbonyl (C=O) groups excluding carboxylic acids is 1. The Morgan fingerprint density at radius 3 is 2.37 bits per heavy atom. The zero-order valence-electron chi connectivity index (χ0n) is 19.1. The molecule has 0 atom stereocenters. The van der Waals surface area contributed by atoms with Gasteiger partial charge in [0.15, 0.2) is 5.78 Å². The Bertz CT molecular complexity index is 1120. The maximum absolute atomic E-state index is 15.5. The summed E-state index contributed by atoms with van der Waals surface area (Å²) in [6, 6.07) is 10.6. The first-order valence-electron chi connectivity index (χ1n) is 11.5. The van der Waals surface area contributed by atoms with Crippen molar-refractivity contribution < 1.29 is 28.2 Å². The van der Waals surface area contributed by atoms with E-state index in [1.54, 1.807) is 12.1 Å². The zero-order chi connectivity index (χ0) is 25.2. The van der Waals surface area contributed by atoms with Crippen molar-refractivity contribution in [3.8, 4) is 0 Å². The largest absolute Gasteiger partial charge is 0.478 e. The molecule has 6 nitrogen and oxygen atoms in total. The molecule has 2 aliphatic rings. The van der Waals surface area contributed by atoms with Gasteiger partial charge >= 0.3 is 5.97 Å². The normalized spacial score (nSPS) is 18.2. The molecule has 9 heteroatoms. The summed E-state index contributed by atoms with van der Waals surface area (Å²) in [5, 5.41) is 9.13. The molecular formula is C26H27ClF2N2O4. The Balaban J connectivity index is 1.40. The van der Waals surface area contributed by atoms with E-state index in [4.69, 9.17) is 27.2 Å². The van der Waals surface area contributed by atoms with Crippen LogP contribution in [-0.2, 0) is 9.53 Å². The van der Waals surface area contributed by atoms with Crippen LogP contribution in [0.4, 0.5) is 14.5 Å². The first-order chi connectivity index (χ1) is 16.7. The molecule has 1 aliphatic heterocycles. The third-order valence-corrected chi connectivity index (χ3v) is 6.86. The number of nitrogens with zero attached hydrogens (tertiary/aromatic N) is 1. The molecule has 2 aromatic rings. The number of hydrogen-bond acceptors (Lipinski definition) is 5. The molecule has 0 unspecified atom stereocenters. The molecule has 2 fully saturated rings. The Morgan fingerprint density at radius 2 is 1.80 bits per heavy atom. The van der Waals surface area contributed by atoms with Crippen molar-refractivity contribution in [1.29, 1.82) is 0 Å². The number of nitrogens with two attached hydrogens (primary N) is 1. The number of carboxylic acid groups (broad SMARTS) is 1. The van der Waals surface area contributed by atoms with Crippen LogP contribution in [0, 0.1) is 11.7 Å². The lowest BCUT2D eigenvalue weighted by molar-refractivity contribution is -0.117. The number of piperidine rings is 1. The fraction of sp³-hybridized carbons (Fsp3) is 0.385. The van der Waals surface area contributed by atoms with Crippen LogP contribution in [-0.4, -0.2) is 48.8 Å². The molecule has 0 amide bonds. The summed E-state index contributed by atoms with van der Waals surface area (Å²) in [5.41, 5.74) is 5.63. The van der Waals surface area contributed by atoms with Crippen LogP contribution in [0.3, 0.4) is 0 Å². The van der Waals surface area contributed by atoms with Crippen LogP contribution >= 0.6 is 11.6 Å². The second kappa shape index (κ2) is 10.3. The number of alkyl halides is 1. The molecule has 1 aliphatic carbocycles. The topological polar surface area (TPSA) is 92.9 Å². The number of carboxylic acids is 1. The standard InChI is InChI=1S/C26H27ClF2N2O4/c27-20-2-1-3-21(28)22(20)23(30)19(24(32)16-4-5-16)14-35-15-26(29)10-12-31(13-11-26)18-8-6-17(7-9-18)25(33)34/h1-3,6-9,16H,4-5,10-15,30H2,(H,33,34). The van der Waals surface area contributed by atoms with E-state index in [-0.39, 0.29) is 65.2 Å². The highest BCUT2D eigenvalue weighted by atomic mass is 35.5. The smallest absolute Gasteiger partial charge is 0.335 e. The summed E-state index contributed by atoms with van der Waals surface area (Å²) < 4.78 is 35.5. The number of carbonyl (C=O) groups is 2. The van der Waals surface area contributed by atoms with E-state index in [2.05, 4.69) is 0 Å². The molecule has 186 valence electrons. The fourth-order valence-corrected chi connectivity index (χ4v) is 4.51. The molecule has 3 N–H and O–H groups in total. The second-order valence-electron chi connectivity index (χ2n) is 9.11. The van der Waals surface area contributed by atoms with Gasteiger partial charge in [0, 0.05) is 43.1 Å². The predicted octanol–water partition coefficient (Wildman–Crippen LogP) is 4.85. The summed E-state index contributed by atoms with van der Waals surface area (Å²) in [6.45, 7) is 0.419. The second-order valence-corrected chi connectivity index (χ2v) is 9.52. The maximum atomic E-state index is 15.5. The van der Waals surface area contributed by atoms with Gasteiger partial charge in [0.1, 0.15) is 11.5 Å². The molecular weight excluding hydrogens is 478 g/mol. The van der Waals surface area contributed by atoms with Gasteiger partial charge in [0.05, 0.1) is 35.1 Å². The lowest BCUT2D eigenvalue weighted by Gasteiger charge is -2.37. The summed E-state index contributed by atoms with van der Waals surface area (Å²) in [4.78, 5) is 25.9. The van der Waals surface area contributed by atoms with Gasteiger partial charge in [-0.3, -0.25) is 4.79 Å². The van der Waals surface area contributed by atoms with Crippen LogP contribution in [0.5, 0.6) is 0 Å². The first kappa shape index (κ1) is 25.1. The first-order valence-corrected chi connectivity index (χ1v) is 11.9. The molecule has 1 saturated heterocycles. The molecule has 0 spiro atoms. The van der Waals surface area contributed by atoms with Gasteiger partial charge in [0.2, 0.25) is 0 Å². The third-order valence-electron chi connectivity index (χ3n) is 6.55. The molecule has 1 saturated carbocycles. The highest BCUT2D eigenvalue weighted by molar-refractivity contribution is 6.32. The SMILES string of the molecule is NC(=C(COCC1(F)CCN(c2ccc(C(=O)O)cc2)CC1)C(=O)C1CC1)c1c(F)cccc1Cl. The number of benzene rings is 2. The van der Waals surface area contributed by atoms with E-state index in [9.17, 15) is 14.0 Å². The summed E-state index contributed by atoms with van der Waals surface area (Å²) in [5.74, 6) is -2.02. The average molecular weight is 505 g/mol. The van der Waals surface area contributed by atoms with Crippen LogP contribution in [0.25, 0.3) is 5.70 Å². The lowest BCUT2D eigenvalue weighted by atomic mass is 9.93. The molecule has 0 bridgehead atoms. The molecule has 35 heavy (non-hydrogen) atoms. The molecule has 1 heterocycles. The number of rotatable bonds is 9. The Hall–Kier alpha value is -2.97. The fourth-order valence-electron chi connectivity index (χ4n) is 4.24. The highest BCUT2D eigenvalue weighted by Gasteiger charge is 2.37. The number of ether oxygens (including phenoxy) is 1. The summed E-state index contributed by atoms with van der Waals surface area (Å²) in [7, 11) is 0. The van der Waals surface area contributed by atoms with Crippen molar-refractivity contribution in [3.63, 3.8) is 0 Å². The van der Waals surface area contributed by atoms with Gasteiger partial charge in [0.25, 0.3) is 0 Å². The number of Topliss-reactive ketones (excluding diaryl/α,β-unsaturated/α-hetero) is 1. The zero-order valence-corrected chi connectivity index (χ0v) is 19.9. The van der Waals surface area contributed by atoms with Crippen LogP contribution in [0.1, 0.15) is 41.6 Å². The van der Waals surface area contributed by atoms with Crippen LogP contribution in [0.15, 0.2) is 48.0 Å². The molecule has 2 aromatic carbocycles. The Labute approximate surface area is 207 Å². The Kier molecular flexibility index (Phi) is 7.42. The molecule has 0 aromatic heterocycles. The number of aromatic carboxylic acids is 1. The predicted molar refractivity (Wildman–Crippen MR) is 130 cm³/mol. The highest BCUT2D eigenvalue weighted by Crippen LogP contribution is 2.36. The van der Waals surface area contributed by atoms with Crippen molar-refractivity contribution in [2.45, 2.75) is 31.4 Å². The lowest BCUT2D eigenvalue weighted by Crippen LogP contribution is -2.44. The number of ketones is 1. The van der Waals surface area contributed by atoms with E-state index in [1.165, 1.54) is 30.3 Å². The van der Waals surface area contributed by atoms with Crippen molar-refractivity contribution >= 4 is 34.7 Å². The molecule has 0 radical (unpaired) electrons. The monoisotopic (exact) mass is 504 g/mol. The van der Waals surface area contributed by atoms with Crippen molar-refractivity contribution in [1.82, 2.24) is 0 Å². The van der Waals surface area contributed by atoms with Crippen molar-refractivity contribution in [3.05, 3.63) is 70.0 Å². The minimum atomic E-state index is -1.59. The van der Waals surface area contributed by atoms with E-state index in [0.717, 1.165) is 18.5 Å². The van der Waals surface area contributed by atoms with Gasteiger partial charge in [-0.2, -0.15) is 0 Å². The number of hydrogen-bond donors (Lipinski definition) is 2. The summed E-state index contributed by atoms with van der Waals surface area (Å²) in [6.07, 6.45) is 1.88. The maximum Gasteiger partial charge on any atom is 0.335 e. The number of halogens is 3.